The molecule has 2 aromatic heterocycles. The molecule has 0 radical (unpaired) electrons. The van der Waals surface area contributed by atoms with E-state index < -0.39 is 23.9 Å². The van der Waals surface area contributed by atoms with Crippen molar-refractivity contribution in [1.29, 1.82) is 0 Å². The molecular formula is C26H28FN5O4. The van der Waals surface area contributed by atoms with Gasteiger partial charge >= 0.3 is 0 Å². The standard InChI is InChI=1S/C26H28FN5O4/c1-16-12-32(17(2)14-33)26(35)21-8-18(19-9-28-15-29-10-19)11-30-24(21)36-23(16)13-31(3)25(34)20-6-4-5-7-22(20)27/h4-11,15-17,23,33H,12-14H2,1-3H3/t16-,17+,23-/m1/s1. The van der Waals surface area contributed by atoms with E-state index in [0.717, 1.165) is 0 Å². The number of rotatable bonds is 6. The van der Waals surface area contributed by atoms with Crippen molar-refractivity contribution >= 4 is 11.8 Å². The van der Waals surface area contributed by atoms with Crippen LogP contribution in [0.5, 0.6) is 5.88 Å². The average Bonchev–Trinajstić information content (AvgIpc) is 2.90. The lowest BCUT2D eigenvalue weighted by Gasteiger charge is -2.37. The highest BCUT2D eigenvalue weighted by atomic mass is 19.1. The zero-order chi connectivity index (χ0) is 25.8. The zero-order valence-electron chi connectivity index (χ0n) is 20.3. The van der Waals surface area contributed by atoms with Gasteiger partial charge < -0.3 is 19.6 Å². The van der Waals surface area contributed by atoms with E-state index in [-0.39, 0.29) is 48.5 Å². The number of nitrogens with zero attached hydrogens (tertiary/aromatic N) is 5. The van der Waals surface area contributed by atoms with Gasteiger partial charge in [0.2, 0.25) is 5.88 Å². The van der Waals surface area contributed by atoms with Crippen LogP contribution in [0.4, 0.5) is 4.39 Å². The van der Waals surface area contributed by atoms with E-state index >= 15 is 0 Å². The molecule has 0 saturated heterocycles. The van der Waals surface area contributed by atoms with E-state index in [2.05, 4.69) is 15.0 Å². The third-order valence-electron chi connectivity index (χ3n) is 6.32. The lowest BCUT2D eigenvalue weighted by molar-refractivity contribution is 0.0312. The number of fused-ring (bicyclic) bond motifs is 1. The van der Waals surface area contributed by atoms with Crippen LogP contribution in [-0.2, 0) is 0 Å². The Kier molecular flexibility index (Phi) is 7.54. The normalized spacial score (nSPS) is 18.5. The number of benzene rings is 1. The van der Waals surface area contributed by atoms with E-state index in [9.17, 15) is 19.1 Å². The Morgan fingerprint density at radius 3 is 2.67 bits per heavy atom. The first-order valence-electron chi connectivity index (χ1n) is 11.6. The van der Waals surface area contributed by atoms with Crippen LogP contribution in [0.2, 0.25) is 0 Å². The topological polar surface area (TPSA) is 109 Å². The maximum Gasteiger partial charge on any atom is 0.259 e. The number of aromatic nitrogens is 3. The van der Waals surface area contributed by atoms with E-state index in [1.807, 2.05) is 6.92 Å². The van der Waals surface area contributed by atoms with Gasteiger partial charge in [-0.25, -0.2) is 19.3 Å². The summed E-state index contributed by atoms with van der Waals surface area (Å²) in [7, 11) is 1.58. The lowest BCUT2D eigenvalue weighted by atomic mass is 9.99. The Hall–Kier alpha value is -3.92. The monoisotopic (exact) mass is 493 g/mol. The van der Waals surface area contributed by atoms with Gasteiger partial charge in [0.05, 0.1) is 24.8 Å². The van der Waals surface area contributed by atoms with Crippen LogP contribution in [0.25, 0.3) is 11.1 Å². The first kappa shape index (κ1) is 25.2. The molecule has 4 rings (SSSR count). The Morgan fingerprint density at radius 1 is 1.25 bits per heavy atom. The van der Waals surface area contributed by atoms with Crippen molar-refractivity contribution in [3.8, 4) is 17.0 Å². The van der Waals surface area contributed by atoms with Gasteiger partial charge in [0.15, 0.2) is 0 Å². The van der Waals surface area contributed by atoms with Crippen molar-refractivity contribution < 1.29 is 23.8 Å². The van der Waals surface area contributed by atoms with Crippen molar-refractivity contribution in [2.24, 2.45) is 5.92 Å². The quantitative estimate of drug-likeness (QED) is 0.562. The number of carbonyl (C=O) groups excluding carboxylic acids is 2. The largest absolute Gasteiger partial charge is 0.472 e. The first-order valence-corrected chi connectivity index (χ1v) is 11.6. The number of hydrogen-bond acceptors (Lipinski definition) is 7. The summed E-state index contributed by atoms with van der Waals surface area (Å²) in [4.78, 5) is 41.9. The van der Waals surface area contributed by atoms with Gasteiger partial charge in [0, 0.05) is 49.2 Å². The molecule has 0 aliphatic carbocycles. The van der Waals surface area contributed by atoms with Crippen LogP contribution in [0, 0.1) is 11.7 Å². The highest BCUT2D eigenvalue weighted by molar-refractivity contribution is 5.98. The van der Waals surface area contributed by atoms with Crippen LogP contribution in [-0.4, -0.2) is 80.6 Å². The number of ether oxygens (including phenoxy) is 1. The van der Waals surface area contributed by atoms with Crippen molar-refractivity contribution in [2.45, 2.75) is 26.0 Å². The molecule has 0 spiro atoms. The number of hydrogen-bond donors (Lipinski definition) is 1. The Bertz CT molecular complexity index is 1240. The maximum absolute atomic E-state index is 14.2. The molecule has 0 fully saturated rings. The number of likely N-dealkylation sites (N-methyl/N-ethyl adjacent to an activating group) is 1. The van der Waals surface area contributed by atoms with Crippen LogP contribution in [0.1, 0.15) is 34.6 Å². The summed E-state index contributed by atoms with van der Waals surface area (Å²) in [6.45, 7) is 3.87. The molecule has 3 atom stereocenters. The predicted octanol–water partition coefficient (Wildman–Crippen LogP) is 2.67. The molecule has 36 heavy (non-hydrogen) atoms. The second-order valence-electron chi connectivity index (χ2n) is 8.99. The van der Waals surface area contributed by atoms with Gasteiger partial charge in [0.1, 0.15) is 23.8 Å². The zero-order valence-corrected chi connectivity index (χ0v) is 20.3. The minimum Gasteiger partial charge on any atom is -0.472 e. The van der Waals surface area contributed by atoms with Crippen LogP contribution >= 0.6 is 0 Å². The van der Waals surface area contributed by atoms with Gasteiger partial charge in [-0.3, -0.25) is 9.59 Å². The molecule has 2 amide bonds. The van der Waals surface area contributed by atoms with Gasteiger partial charge in [-0.15, -0.1) is 0 Å². The number of amides is 2. The van der Waals surface area contributed by atoms with E-state index in [0.29, 0.717) is 11.1 Å². The second kappa shape index (κ2) is 10.8. The summed E-state index contributed by atoms with van der Waals surface area (Å²) in [5.41, 5.74) is 1.53. The highest BCUT2D eigenvalue weighted by Crippen LogP contribution is 2.30. The molecule has 1 aliphatic heterocycles. The molecule has 3 aromatic rings. The fourth-order valence-corrected chi connectivity index (χ4v) is 4.12. The van der Waals surface area contributed by atoms with Crippen molar-refractivity contribution in [3.05, 3.63) is 72.2 Å². The molecule has 9 nitrogen and oxygen atoms in total. The molecule has 1 aliphatic rings. The number of pyridine rings is 1. The summed E-state index contributed by atoms with van der Waals surface area (Å²) in [5.74, 6) is -1.50. The van der Waals surface area contributed by atoms with Gasteiger partial charge in [-0.1, -0.05) is 19.1 Å². The van der Waals surface area contributed by atoms with Crippen molar-refractivity contribution in [2.75, 3.05) is 26.7 Å². The summed E-state index contributed by atoms with van der Waals surface area (Å²) in [6, 6.07) is 7.03. The Morgan fingerprint density at radius 2 is 1.97 bits per heavy atom. The maximum atomic E-state index is 14.2. The summed E-state index contributed by atoms with van der Waals surface area (Å²) in [5, 5.41) is 9.82. The Balaban J connectivity index is 1.68. The fourth-order valence-electron chi connectivity index (χ4n) is 4.12. The molecule has 10 heteroatoms. The van der Waals surface area contributed by atoms with Crippen LogP contribution < -0.4 is 4.74 Å². The minimum absolute atomic E-state index is 0.0301. The number of aliphatic hydroxyl groups is 1. The fraction of sp³-hybridized carbons (Fsp3) is 0.346. The summed E-state index contributed by atoms with van der Waals surface area (Å²) >= 11 is 0. The molecule has 188 valence electrons. The molecule has 0 bridgehead atoms. The van der Waals surface area contributed by atoms with E-state index in [4.69, 9.17) is 4.74 Å². The highest BCUT2D eigenvalue weighted by Gasteiger charge is 2.35. The second-order valence-corrected chi connectivity index (χ2v) is 8.99. The molecule has 0 unspecified atom stereocenters. The number of carbonyl (C=O) groups is 2. The van der Waals surface area contributed by atoms with Crippen LogP contribution in [0.3, 0.4) is 0 Å². The van der Waals surface area contributed by atoms with E-state index in [1.54, 1.807) is 49.6 Å². The third kappa shape index (κ3) is 5.18. The minimum atomic E-state index is -0.598. The first-order chi connectivity index (χ1) is 17.3. The number of halogens is 1. The van der Waals surface area contributed by atoms with Crippen molar-refractivity contribution in [1.82, 2.24) is 24.8 Å². The molecule has 3 heterocycles. The van der Waals surface area contributed by atoms with Gasteiger partial charge in [0.25, 0.3) is 11.8 Å². The molecule has 0 saturated carbocycles. The smallest absolute Gasteiger partial charge is 0.259 e. The SMILES string of the molecule is C[C@@H]1CN([C@@H](C)CO)C(=O)c2cc(-c3cncnc3)cnc2O[C@@H]1CN(C)C(=O)c1ccccc1F. The van der Waals surface area contributed by atoms with Crippen LogP contribution in [0.15, 0.2) is 55.2 Å². The Labute approximate surface area is 208 Å². The molecule has 1 N–H and O–H groups in total. The molecule has 1 aromatic carbocycles. The van der Waals surface area contributed by atoms with E-state index in [1.165, 1.54) is 29.4 Å². The number of aliphatic hydroxyl groups excluding tert-OH is 1. The van der Waals surface area contributed by atoms with Gasteiger partial charge in [-0.05, 0) is 25.1 Å². The predicted molar refractivity (Wildman–Crippen MR) is 130 cm³/mol. The third-order valence-corrected chi connectivity index (χ3v) is 6.32. The summed E-state index contributed by atoms with van der Waals surface area (Å²) < 4.78 is 20.4. The molecular weight excluding hydrogens is 465 g/mol. The average molecular weight is 494 g/mol. The summed E-state index contributed by atoms with van der Waals surface area (Å²) in [6.07, 6.45) is 5.67. The van der Waals surface area contributed by atoms with Gasteiger partial charge in [-0.2, -0.15) is 0 Å². The van der Waals surface area contributed by atoms with Crippen molar-refractivity contribution in [3.63, 3.8) is 0 Å². The lowest BCUT2D eigenvalue weighted by Crippen LogP contribution is -2.50.